The summed E-state index contributed by atoms with van der Waals surface area (Å²) < 4.78 is 0. The Bertz CT molecular complexity index is 940. The molecule has 8 heteroatoms. The van der Waals surface area contributed by atoms with Crippen molar-refractivity contribution in [2.45, 2.75) is 0 Å². The van der Waals surface area contributed by atoms with E-state index in [2.05, 4.69) is 26.9 Å². The number of nitrogens with zero attached hydrogens (tertiary/aromatic N) is 4. The standard InChI is InChI=1S/C17H17N5O2S/c1-21-4-6-22(7-5-21)17(24)14-3-2-13(25-14)12-9-19-16-15(20-12)11(10-23)8-18-16/h2-3,8-10H,4-7H2,1H3,(H,18,19). The predicted molar refractivity (Wildman–Crippen MR) is 96.0 cm³/mol. The highest BCUT2D eigenvalue weighted by Gasteiger charge is 2.22. The van der Waals surface area contributed by atoms with Crippen LogP contribution < -0.4 is 0 Å². The summed E-state index contributed by atoms with van der Waals surface area (Å²) in [5.74, 6) is 0.0635. The second-order valence-electron chi connectivity index (χ2n) is 6.07. The van der Waals surface area contributed by atoms with Crippen LogP contribution in [0.4, 0.5) is 0 Å². The molecule has 1 fully saturated rings. The molecule has 3 aromatic heterocycles. The number of rotatable bonds is 3. The van der Waals surface area contributed by atoms with E-state index in [0.29, 0.717) is 27.3 Å². The van der Waals surface area contributed by atoms with Gasteiger partial charge < -0.3 is 14.8 Å². The molecule has 0 unspecified atom stereocenters. The van der Waals surface area contributed by atoms with Crippen LogP contribution in [-0.4, -0.2) is 70.2 Å². The molecule has 128 valence electrons. The maximum absolute atomic E-state index is 12.7. The molecule has 1 N–H and O–H groups in total. The number of H-pyrrole nitrogens is 1. The molecule has 1 saturated heterocycles. The summed E-state index contributed by atoms with van der Waals surface area (Å²) >= 11 is 1.41. The molecule has 4 heterocycles. The van der Waals surface area contributed by atoms with Crippen molar-refractivity contribution in [1.29, 1.82) is 0 Å². The van der Waals surface area contributed by atoms with Crippen molar-refractivity contribution in [3.63, 3.8) is 0 Å². The van der Waals surface area contributed by atoms with E-state index < -0.39 is 0 Å². The Morgan fingerprint density at radius 1 is 1.28 bits per heavy atom. The van der Waals surface area contributed by atoms with Crippen LogP contribution in [-0.2, 0) is 0 Å². The monoisotopic (exact) mass is 355 g/mol. The van der Waals surface area contributed by atoms with E-state index in [1.807, 2.05) is 17.0 Å². The zero-order valence-electron chi connectivity index (χ0n) is 13.7. The van der Waals surface area contributed by atoms with E-state index in [4.69, 9.17) is 0 Å². The molecular formula is C17H17N5O2S. The van der Waals surface area contributed by atoms with Gasteiger partial charge in [-0.15, -0.1) is 11.3 Å². The van der Waals surface area contributed by atoms with Gasteiger partial charge in [0.05, 0.1) is 27.2 Å². The molecule has 0 saturated carbocycles. The number of carbonyl (C=O) groups is 2. The summed E-state index contributed by atoms with van der Waals surface area (Å²) in [5, 5.41) is 0. The summed E-state index contributed by atoms with van der Waals surface area (Å²) in [4.78, 5) is 41.2. The lowest BCUT2D eigenvalue weighted by Crippen LogP contribution is -2.46. The number of piperazine rings is 1. The minimum Gasteiger partial charge on any atom is -0.344 e. The van der Waals surface area contributed by atoms with E-state index in [9.17, 15) is 9.59 Å². The van der Waals surface area contributed by atoms with Gasteiger partial charge in [0.15, 0.2) is 11.9 Å². The van der Waals surface area contributed by atoms with Crippen LogP contribution in [0, 0.1) is 0 Å². The van der Waals surface area contributed by atoms with Crippen LogP contribution in [0.5, 0.6) is 0 Å². The third-order valence-corrected chi connectivity index (χ3v) is 5.49. The number of hydrogen-bond donors (Lipinski definition) is 1. The number of likely N-dealkylation sites (N-methyl/N-ethyl adjacent to an activating group) is 1. The van der Waals surface area contributed by atoms with Crippen molar-refractivity contribution in [3.05, 3.63) is 35.0 Å². The third kappa shape index (κ3) is 2.94. The van der Waals surface area contributed by atoms with Crippen LogP contribution in [0.3, 0.4) is 0 Å². The Morgan fingerprint density at radius 3 is 2.84 bits per heavy atom. The molecule has 3 aromatic rings. The Kier molecular flexibility index (Phi) is 4.06. The minimum absolute atomic E-state index is 0.0635. The smallest absolute Gasteiger partial charge is 0.264 e. The maximum atomic E-state index is 12.7. The van der Waals surface area contributed by atoms with Crippen LogP contribution in [0.1, 0.15) is 20.0 Å². The molecule has 1 amide bonds. The van der Waals surface area contributed by atoms with Gasteiger partial charge in [-0.1, -0.05) is 0 Å². The largest absolute Gasteiger partial charge is 0.344 e. The van der Waals surface area contributed by atoms with E-state index in [0.717, 1.165) is 37.3 Å². The molecule has 1 aliphatic heterocycles. The summed E-state index contributed by atoms with van der Waals surface area (Å²) in [5.41, 5.74) is 2.27. The number of thiophene rings is 1. The average Bonchev–Trinajstić information content (AvgIpc) is 3.28. The van der Waals surface area contributed by atoms with Crippen LogP contribution in [0.2, 0.25) is 0 Å². The molecule has 0 radical (unpaired) electrons. The third-order valence-electron chi connectivity index (χ3n) is 4.40. The van der Waals surface area contributed by atoms with Crippen molar-refractivity contribution >= 4 is 34.7 Å². The second-order valence-corrected chi connectivity index (χ2v) is 7.16. The lowest BCUT2D eigenvalue weighted by Gasteiger charge is -2.32. The van der Waals surface area contributed by atoms with Gasteiger partial charge in [-0.3, -0.25) is 9.59 Å². The van der Waals surface area contributed by atoms with Crippen molar-refractivity contribution in [1.82, 2.24) is 24.8 Å². The van der Waals surface area contributed by atoms with Gasteiger partial charge in [-0.2, -0.15) is 0 Å². The van der Waals surface area contributed by atoms with Crippen molar-refractivity contribution < 1.29 is 9.59 Å². The highest BCUT2D eigenvalue weighted by molar-refractivity contribution is 7.17. The van der Waals surface area contributed by atoms with Gasteiger partial charge in [0.2, 0.25) is 0 Å². The second kappa shape index (κ2) is 6.38. The summed E-state index contributed by atoms with van der Waals surface area (Å²) in [6, 6.07) is 3.72. The van der Waals surface area contributed by atoms with Gasteiger partial charge in [0.1, 0.15) is 5.52 Å². The number of amides is 1. The average molecular weight is 355 g/mol. The predicted octanol–water partition coefficient (Wildman–Crippen LogP) is 1.89. The first kappa shape index (κ1) is 15.9. The summed E-state index contributed by atoms with van der Waals surface area (Å²) in [6.07, 6.45) is 4.01. The fraction of sp³-hybridized carbons (Fsp3) is 0.294. The van der Waals surface area contributed by atoms with Gasteiger partial charge >= 0.3 is 0 Å². The molecule has 0 aliphatic carbocycles. The highest BCUT2D eigenvalue weighted by atomic mass is 32.1. The molecule has 4 rings (SSSR count). The van der Waals surface area contributed by atoms with Crippen LogP contribution >= 0.6 is 11.3 Å². The molecule has 7 nitrogen and oxygen atoms in total. The first-order chi connectivity index (χ1) is 12.2. The fourth-order valence-corrected chi connectivity index (χ4v) is 3.80. The molecule has 0 bridgehead atoms. The van der Waals surface area contributed by atoms with Crippen LogP contribution in [0.25, 0.3) is 21.7 Å². The normalized spacial score (nSPS) is 15.6. The zero-order valence-corrected chi connectivity index (χ0v) is 14.5. The number of carbonyl (C=O) groups excluding carboxylic acids is 2. The Hall–Kier alpha value is -2.58. The maximum Gasteiger partial charge on any atom is 0.264 e. The minimum atomic E-state index is 0.0635. The zero-order chi connectivity index (χ0) is 17.4. The lowest BCUT2D eigenvalue weighted by molar-refractivity contribution is 0.0669. The Morgan fingerprint density at radius 2 is 2.08 bits per heavy atom. The lowest BCUT2D eigenvalue weighted by atomic mass is 10.3. The van der Waals surface area contributed by atoms with E-state index >= 15 is 0 Å². The van der Waals surface area contributed by atoms with Crippen molar-refractivity contribution in [3.8, 4) is 10.6 Å². The number of aldehydes is 1. The molecule has 1 aliphatic rings. The van der Waals surface area contributed by atoms with Gasteiger partial charge in [0, 0.05) is 32.4 Å². The number of aromatic nitrogens is 3. The first-order valence-electron chi connectivity index (χ1n) is 8.03. The highest BCUT2D eigenvalue weighted by Crippen LogP contribution is 2.28. The van der Waals surface area contributed by atoms with Gasteiger partial charge in [-0.25, -0.2) is 9.97 Å². The van der Waals surface area contributed by atoms with Crippen LogP contribution in [0.15, 0.2) is 24.5 Å². The summed E-state index contributed by atoms with van der Waals surface area (Å²) in [6.45, 7) is 3.29. The Labute approximate surface area is 148 Å². The number of nitrogens with one attached hydrogen (secondary N) is 1. The van der Waals surface area contributed by atoms with Crippen molar-refractivity contribution in [2.24, 2.45) is 0 Å². The van der Waals surface area contributed by atoms with E-state index in [1.54, 1.807) is 12.4 Å². The summed E-state index contributed by atoms with van der Waals surface area (Å²) in [7, 11) is 2.06. The van der Waals surface area contributed by atoms with Gasteiger partial charge in [-0.05, 0) is 19.2 Å². The first-order valence-corrected chi connectivity index (χ1v) is 8.84. The van der Waals surface area contributed by atoms with Gasteiger partial charge in [0.25, 0.3) is 5.91 Å². The van der Waals surface area contributed by atoms with E-state index in [-0.39, 0.29) is 5.91 Å². The topological polar surface area (TPSA) is 82.2 Å². The quantitative estimate of drug-likeness (QED) is 0.726. The fourth-order valence-electron chi connectivity index (χ4n) is 2.87. The molecule has 25 heavy (non-hydrogen) atoms. The van der Waals surface area contributed by atoms with E-state index in [1.165, 1.54) is 11.3 Å². The SMILES string of the molecule is CN1CCN(C(=O)c2ccc(-c3cnc4[nH]cc(C=O)c4n3)s2)CC1. The molecular weight excluding hydrogens is 338 g/mol. The molecule has 0 spiro atoms. The molecule has 0 aromatic carbocycles. The number of aromatic amines is 1. The van der Waals surface area contributed by atoms with Crippen molar-refractivity contribution in [2.75, 3.05) is 33.2 Å². The number of hydrogen-bond acceptors (Lipinski definition) is 6. The number of fused-ring (bicyclic) bond motifs is 1. The molecule has 0 atom stereocenters. The Balaban J connectivity index is 1.60.